The molecule has 12 heteroatoms. The first kappa shape index (κ1) is 24.0. The van der Waals surface area contributed by atoms with Crippen LogP contribution in [-0.2, 0) is 29.6 Å². The van der Waals surface area contributed by atoms with E-state index in [0.29, 0.717) is 5.02 Å². The molecule has 2 rings (SSSR count). The van der Waals surface area contributed by atoms with Gasteiger partial charge in [-0.25, -0.2) is 16.8 Å². The van der Waals surface area contributed by atoms with Gasteiger partial charge >= 0.3 is 0 Å². The highest BCUT2D eigenvalue weighted by atomic mass is 35.5. The normalized spacial score (nSPS) is 22.2. The van der Waals surface area contributed by atoms with Gasteiger partial charge in [-0.2, -0.15) is 9.03 Å². The average molecular weight is 468 g/mol. The van der Waals surface area contributed by atoms with Crippen LogP contribution in [0.1, 0.15) is 20.8 Å². The molecular weight excluding hydrogens is 442 g/mol. The van der Waals surface area contributed by atoms with Crippen molar-refractivity contribution < 1.29 is 26.4 Å². The molecule has 1 aromatic carbocycles. The number of carbonyl (C=O) groups is 1. The van der Waals surface area contributed by atoms with Gasteiger partial charge < -0.3 is 10.1 Å². The number of hydrogen-bond donors (Lipinski definition) is 2. The Balaban J connectivity index is 1.87. The fraction of sp³-hybridized carbons (Fsp3) is 0.588. The lowest BCUT2D eigenvalue weighted by Crippen LogP contribution is -2.50. The van der Waals surface area contributed by atoms with E-state index >= 15 is 0 Å². The molecule has 3 atom stereocenters. The van der Waals surface area contributed by atoms with E-state index in [1.165, 1.54) is 35.5 Å². The third-order valence-electron chi connectivity index (χ3n) is 4.29. The van der Waals surface area contributed by atoms with E-state index in [9.17, 15) is 21.6 Å². The predicted octanol–water partition coefficient (Wildman–Crippen LogP) is 0.562. The molecule has 0 saturated carbocycles. The van der Waals surface area contributed by atoms with Gasteiger partial charge in [-0.1, -0.05) is 11.6 Å². The third-order valence-corrected chi connectivity index (χ3v) is 7.90. The maximum absolute atomic E-state index is 12.5. The molecule has 1 aliphatic heterocycles. The zero-order valence-electron chi connectivity index (χ0n) is 16.5. The Morgan fingerprint density at radius 3 is 2.28 bits per heavy atom. The van der Waals surface area contributed by atoms with Gasteiger partial charge in [-0.15, -0.1) is 0 Å². The first-order chi connectivity index (χ1) is 13.4. The summed E-state index contributed by atoms with van der Waals surface area (Å²) in [7, 11) is -7.48. The molecule has 1 amide bonds. The molecule has 1 fully saturated rings. The Hall–Kier alpha value is -1.24. The zero-order valence-corrected chi connectivity index (χ0v) is 18.8. The minimum Gasteiger partial charge on any atom is -0.373 e. The van der Waals surface area contributed by atoms with E-state index in [-0.39, 0.29) is 42.5 Å². The first-order valence-corrected chi connectivity index (χ1v) is 12.6. The molecule has 0 bridgehead atoms. The maximum Gasteiger partial charge on any atom is 0.241 e. The van der Waals surface area contributed by atoms with Crippen LogP contribution in [0.3, 0.4) is 0 Å². The molecular formula is C17H26ClN3O6S2. The lowest BCUT2D eigenvalue weighted by molar-refractivity contribution is -0.122. The number of ether oxygens (including phenoxy) is 1. The van der Waals surface area contributed by atoms with Gasteiger partial charge in [0.25, 0.3) is 0 Å². The van der Waals surface area contributed by atoms with Gasteiger partial charge in [0.2, 0.25) is 26.0 Å². The monoisotopic (exact) mass is 467 g/mol. The van der Waals surface area contributed by atoms with Gasteiger partial charge in [0.1, 0.15) is 0 Å². The van der Waals surface area contributed by atoms with Crippen LogP contribution in [0.25, 0.3) is 0 Å². The van der Waals surface area contributed by atoms with Crippen molar-refractivity contribution >= 4 is 37.6 Å². The second-order valence-electron chi connectivity index (χ2n) is 6.98. The predicted molar refractivity (Wildman–Crippen MR) is 110 cm³/mol. The first-order valence-electron chi connectivity index (χ1n) is 9.09. The van der Waals surface area contributed by atoms with Crippen molar-refractivity contribution in [3.8, 4) is 0 Å². The minimum atomic E-state index is -3.91. The van der Waals surface area contributed by atoms with E-state index in [2.05, 4.69) is 10.0 Å². The number of morpholine rings is 1. The summed E-state index contributed by atoms with van der Waals surface area (Å²) in [5, 5.41) is 2.85. The van der Waals surface area contributed by atoms with Crippen LogP contribution in [0, 0.1) is 0 Å². The van der Waals surface area contributed by atoms with Crippen LogP contribution < -0.4 is 10.0 Å². The molecule has 0 radical (unpaired) electrons. The highest BCUT2D eigenvalue weighted by Crippen LogP contribution is 2.15. The average Bonchev–Trinajstić information content (AvgIpc) is 2.60. The second kappa shape index (κ2) is 9.71. The summed E-state index contributed by atoms with van der Waals surface area (Å²) in [6, 6.07) is 4.43. The van der Waals surface area contributed by atoms with Crippen LogP contribution in [0.15, 0.2) is 29.2 Å². The molecule has 0 aliphatic carbocycles. The molecule has 0 spiro atoms. The molecule has 1 aliphatic rings. The Morgan fingerprint density at radius 1 is 1.17 bits per heavy atom. The van der Waals surface area contributed by atoms with Crippen LogP contribution in [0.2, 0.25) is 5.02 Å². The van der Waals surface area contributed by atoms with Crippen LogP contribution in [-0.4, -0.2) is 70.7 Å². The van der Waals surface area contributed by atoms with Gasteiger partial charge in [0.15, 0.2) is 0 Å². The van der Waals surface area contributed by atoms with Crippen molar-refractivity contribution in [2.24, 2.45) is 0 Å². The van der Waals surface area contributed by atoms with E-state index in [0.717, 1.165) is 0 Å². The topological polar surface area (TPSA) is 122 Å². The van der Waals surface area contributed by atoms with Crippen LogP contribution in [0.4, 0.5) is 0 Å². The highest BCUT2D eigenvalue weighted by Gasteiger charge is 2.31. The summed E-state index contributed by atoms with van der Waals surface area (Å²) in [6.07, 6.45) is -0.407. The molecule has 1 aromatic rings. The van der Waals surface area contributed by atoms with Crippen LogP contribution >= 0.6 is 11.6 Å². The van der Waals surface area contributed by atoms with Gasteiger partial charge in [-0.3, -0.25) is 4.79 Å². The Morgan fingerprint density at radius 2 is 1.72 bits per heavy atom. The number of halogens is 1. The summed E-state index contributed by atoms with van der Waals surface area (Å²) in [6.45, 7) is 5.37. The van der Waals surface area contributed by atoms with E-state index in [4.69, 9.17) is 16.3 Å². The van der Waals surface area contributed by atoms with Crippen molar-refractivity contribution in [2.45, 2.75) is 43.9 Å². The molecule has 0 aromatic heterocycles. The van der Waals surface area contributed by atoms with Crippen molar-refractivity contribution in [1.29, 1.82) is 0 Å². The summed E-state index contributed by atoms with van der Waals surface area (Å²) < 4.78 is 58.7. The molecule has 9 nitrogen and oxygen atoms in total. The van der Waals surface area contributed by atoms with Gasteiger partial charge in [-0.05, 0) is 45.0 Å². The molecule has 2 N–H and O–H groups in total. The summed E-state index contributed by atoms with van der Waals surface area (Å²) in [4.78, 5) is 12.2. The van der Waals surface area contributed by atoms with Crippen molar-refractivity contribution in [1.82, 2.24) is 14.3 Å². The summed E-state index contributed by atoms with van der Waals surface area (Å²) >= 11 is 5.75. The van der Waals surface area contributed by atoms with Crippen molar-refractivity contribution in [2.75, 3.05) is 25.4 Å². The zero-order chi connectivity index (χ0) is 21.8. The number of carbonyl (C=O) groups excluding carboxylic acids is 1. The quantitative estimate of drug-likeness (QED) is 0.576. The number of rotatable bonds is 8. The maximum atomic E-state index is 12.5. The molecule has 1 heterocycles. The fourth-order valence-electron chi connectivity index (χ4n) is 2.91. The Bertz CT molecular complexity index is 911. The largest absolute Gasteiger partial charge is 0.373 e. The van der Waals surface area contributed by atoms with E-state index in [1.807, 2.05) is 0 Å². The second-order valence-corrected chi connectivity index (χ2v) is 11.2. The summed E-state index contributed by atoms with van der Waals surface area (Å²) in [5.74, 6) is -0.907. The van der Waals surface area contributed by atoms with Crippen molar-refractivity contribution in [3.05, 3.63) is 29.3 Å². The number of nitrogens with one attached hydrogen (secondary N) is 2. The summed E-state index contributed by atoms with van der Waals surface area (Å²) in [5.41, 5.74) is 0. The molecule has 1 saturated heterocycles. The number of hydrogen-bond acceptors (Lipinski definition) is 6. The minimum absolute atomic E-state index is 0.0281. The van der Waals surface area contributed by atoms with Crippen LogP contribution in [0.5, 0.6) is 0 Å². The smallest absolute Gasteiger partial charge is 0.241 e. The number of nitrogens with zero attached hydrogens (tertiary/aromatic N) is 1. The molecule has 164 valence electrons. The van der Waals surface area contributed by atoms with Gasteiger partial charge in [0.05, 0.1) is 28.9 Å². The Labute approximate surface area is 176 Å². The number of amides is 1. The number of benzene rings is 1. The van der Waals surface area contributed by atoms with E-state index < -0.39 is 32.0 Å². The fourth-order valence-corrected chi connectivity index (χ4v) is 5.73. The number of sulfonamides is 2. The Kier molecular flexibility index (Phi) is 8.05. The molecule has 29 heavy (non-hydrogen) atoms. The van der Waals surface area contributed by atoms with E-state index in [1.54, 1.807) is 13.8 Å². The molecule has 2 unspecified atom stereocenters. The van der Waals surface area contributed by atoms with Gasteiger partial charge in [0, 0.05) is 24.7 Å². The van der Waals surface area contributed by atoms with Crippen molar-refractivity contribution in [3.63, 3.8) is 0 Å². The lowest BCUT2D eigenvalue weighted by atomic mass is 10.3. The standard InChI is InChI=1S/C17H26ClN3O6S2/c1-12-10-21(11-13(2)27-12)28(23,24)9-8-19-17(22)14(3)20-29(25,26)16-6-4-15(18)5-7-16/h4-7,12-14,20H,8-11H2,1-3H3,(H,19,22)/t12?,13?,14-/m0/s1. The SMILES string of the molecule is CC1CN(S(=O)(=O)CCNC(=O)[C@H](C)NS(=O)(=O)c2ccc(Cl)cc2)CC(C)O1. The highest BCUT2D eigenvalue weighted by molar-refractivity contribution is 7.89. The third kappa shape index (κ3) is 6.90. The lowest BCUT2D eigenvalue weighted by Gasteiger charge is -2.34.